The number of hydrogen-bond donors (Lipinski definition) is 1. The normalized spacial score (nSPS) is 10.9. The van der Waals surface area contributed by atoms with Gasteiger partial charge in [0, 0.05) is 19.6 Å². The van der Waals surface area contributed by atoms with E-state index in [1.807, 2.05) is 19.0 Å². The maximum absolute atomic E-state index is 11.6. The van der Waals surface area contributed by atoms with Gasteiger partial charge < -0.3 is 19.6 Å². The molecule has 0 fully saturated rings. The van der Waals surface area contributed by atoms with Gasteiger partial charge in [-0.05, 0) is 20.0 Å². The molecule has 0 unspecified atom stereocenters. The van der Waals surface area contributed by atoms with E-state index >= 15 is 0 Å². The number of aliphatic hydroxyl groups is 1. The van der Waals surface area contributed by atoms with E-state index in [1.54, 1.807) is 4.90 Å². The topological polar surface area (TPSA) is 53.0 Å². The van der Waals surface area contributed by atoms with E-state index in [0.29, 0.717) is 19.0 Å². The smallest absolute Gasteiger partial charge is 0.409 e. The molecule has 0 aliphatic rings. The molecule has 0 aromatic carbocycles. The van der Waals surface area contributed by atoms with Gasteiger partial charge in [0.05, 0.1) is 6.61 Å². The molecule has 5 heteroatoms. The molecule has 0 rings (SSSR count). The fourth-order valence-electron chi connectivity index (χ4n) is 1.24. The molecule has 16 heavy (non-hydrogen) atoms. The first-order chi connectivity index (χ1) is 7.47. The minimum absolute atomic E-state index is 0.0649. The summed E-state index contributed by atoms with van der Waals surface area (Å²) in [7, 11) is 3.93. The summed E-state index contributed by atoms with van der Waals surface area (Å²) in [5.41, 5.74) is 0. The number of likely N-dealkylation sites (N-methyl/N-ethyl adjacent to an activating group) is 1. The molecule has 5 nitrogen and oxygen atoms in total. The van der Waals surface area contributed by atoms with Crippen molar-refractivity contribution in [3.05, 3.63) is 0 Å². The monoisotopic (exact) mass is 232 g/mol. The molecule has 0 aromatic rings. The number of carbonyl (C=O) groups is 1. The number of aliphatic hydroxyl groups excluding tert-OH is 1. The van der Waals surface area contributed by atoms with Crippen molar-refractivity contribution in [1.29, 1.82) is 0 Å². The average molecular weight is 232 g/mol. The molecule has 1 N–H and O–H groups in total. The maximum Gasteiger partial charge on any atom is 0.409 e. The van der Waals surface area contributed by atoms with Crippen LogP contribution in [0.15, 0.2) is 0 Å². The second-order valence-corrected chi connectivity index (χ2v) is 4.48. The van der Waals surface area contributed by atoms with Crippen molar-refractivity contribution in [1.82, 2.24) is 9.80 Å². The molecule has 0 aliphatic heterocycles. The van der Waals surface area contributed by atoms with Crippen molar-refractivity contribution < 1.29 is 14.6 Å². The highest BCUT2D eigenvalue weighted by Gasteiger charge is 2.15. The minimum Gasteiger partial charge on any atom is -0.447 e. The molecule has 0 aliphatic carbocycles. The molecule has 0 bridgehead atoms. The van der Waals surface area contributed by atoms with Crippen LogP contribution in [0, 0.1) is 5.92 Å². The Morgan fingerprint density at radius 2 is 1.94 bits per heavy atom. The van der Waals surface area contributed by atoms with E-state index < -0.39 is 0 Å². The zero-order valence-electron chi connectivity index (χ0n) is 10.8. The highest BCUT2D eigenvalue weighted by atomic mass is 16.6. The van der Waals surface area contributed by atoms with E-state index in [9.17, 15) is 4.79 Å². The van der Waals surface area contributed by atoms with Gasteiger partial charge in [0.2, 0.25) is 0 Å². The fraction of sp³-hybridized carbons (Fsp3) is 0.909. The third-order valence-corrected chi connectivity index (χ3v) is 1.98. The second kappa shape index (κ2) is 8.35. The van der Waals surface area contributed by atoms with Gasteiger partial charge in [-0.25, -0.2) is 4.79 Å². The second-order valence-electron chi connectivity index (χ2n) is 4.48. The van der Waals surface area contributed by atoms with E-state index in [0.717, 1.165) is 6.54 Å². The van der Waals surface area contributed by atoms with Gasteiger partial charge in [-0.1, -0.05) is 13.8 Å². The number of amides is 1. The number of hydrogen-bond acceptors (Lipinski definition) is 4. The van der Waals surface area contributed by atoms with E-state index in [2.05, 4.69) is 13.8 Å². The molecule has 0 saturated heterocycles. The van der Waals surface area contributed by atoms with Gasteiger partial charge in [0.25, 0.3) is 0 Å². The van der Waals surface area contributed by atoms with Crippen molar-refractivity contribution in [3.8, 4) is 0 Å². The molecule has 96 valence electrons. The summed E-state index contributed by atoms with van der Waals surface area (Å²) < 4.78 is 4.90. The number of nitrogens with zero attached hydrogens (tertiary/aromatic N) is 2. The van der Waals surface area contributed by atoms with E-state index in [4.69, 9.17) is 9.84 Å². The van der Waals surface area contributed by atoms with Crippen LogP contribution >= 0.6 is 0 Å². The lowest BCUT2D eigenvalue weighted by molar-refractivity contribution is 0.0787. The summed E-state index contributed by atoms with van der Waals surface area (Å²) in [6, 6.07) is 0. The molecular formula is C11H24N2O3. The number of rotatable bonds is 7. The first kappa shape index (κ1) is 15.2. The summed E-state index contributed by atoms with van der Waals surface area (Å²) >= 11 is 0. The number of carbonyl (C=O) groups excluding carboxylic acids is 1. The Labute approximate surface area is 98.0 Å². The molecule has 0 spiro atoms. The Morgan fingerprint density at radius 1 is 1.31 bits per heavy atom. The highest BCUT2D eigenvalue weighted by Crippen LogP contribution is 2.01. The van der Waals surface area contributed by atoms with Gasteiger partial charge in [-0.15, -0.1) is 0 Å². The van der Waals surface area contributed by atoms with Crippen LogP contribution in [0.2, 0.25) is 0 Å². The summed E-state index contributed by atoms with van der Waals surface area (Å²) in [5.74, 6) is 0.406. The van der Waals surface area contributed by atoms with Crippen LogP contribution in [0.4, 0.5) is 4.79 Å². The average Bonchev–Trinajstić information content (AvgIpc) is 2.19. The lowest BCUT2D eigenvalue weighted by Gasteiger charge is -2.25. The first-order valence-electron chi connectivity index (χ1n) is 5.64. The van der Waals surface area contributed by atoms with Crippen molar-refractivity contribution in [2.24, 2.45) is 5.92 Å². The lowest BCUT2D eigenvalue weighted by Crippen LogP contribution is -2.39. The summed E-state index contributed by atoms with van der Waals surface area (Å²) in [4.78, 5) is 15.3. The van der Waals surface area contributed by atoms with Crippen LogP contribution in [-0.2, 0) is 4.74 Å². The third-order valence-electron chi connectivity index (χ3n) is 1.98. The Balaban J connectivity index is 4.12. The van der Waals surface area contributed by atoms with Crippen LogP contribution in [-0.4, -0.2) is 67.9 Å². The Morgan fingerprint density at radius 3 is 2.38 bits per heavy atom. The third kappa shape index (κ3) is 7.48. The molecule has 0 heterocycles. The van der Waals surface area contributed by atoms with E-state index in [-0.39, 0.29) is 19.3 Å². The highest BCUT2D eigenvalue weighted by molar-refractivity contribution is 5.67. The SMILES string of the molecule is CC(C)CN(CCN(C)C)C(=O)OCCO. The molecule has 0 aromatic heterocycles. The van der Waals surface area contributed by atoms with Crippen molar-refractivity contribution >= 4 is 6.09 Å². The molecule has 0 atom stereocenters. The largest absolute Gasteiger partial charge is 0.447 e. The van der Waals surface area contributed by atoms with Crippen LogP contribution in [0.1, 0.15) is 13.8 Å². The molecule has 0 saturated carbocycles. The molecular weight excluding hydrogens is 208 g/mol. The minimum atomic E-state index is -0.343. The van der Waals surface area contributed by atoms with Crippen molar-refractivity contribution in [2.75, 3.05) is 46.9 Å². The van der Waals surface area contributed by atoms with Crippen LogP contribution in [0.5, 0.6) is 0 Å². The predicted octanol–water partition coefficient (Wildman–Crippen LogP) is 0.635. The zero-order valence-corrected chi connectivity index (χ0v) is 10.8. The van der Waals surface area contributed by atoms with Gasteiger partial charge in [0.1, 0.15) is 6.61 Å². The fourth-order valence-corrected chi connectivity index (χ4v) is 1.24. The van der Waals surface area contributed by atoms with Crippen LogP contribution < -0.4 is 0 Å². The van der Waals surface area contributed by atoms with Crippen LogP contribution in [0.25, 0.3) is 0 Å². The zero-order chi connectivity index (χ0) is 12.6. The van der Waals surface area contributed by atoms with Gasteiger partial charge >= 0.3 is 6.09 Å². The molecule has 0 radical (unpaired) electrons. The summed E-state index contributed by atoms with van der Waals surface area (Å²) in [5, 5.41) is 8.59. The van der Waals surface area contributed by atoms with Crippen LogP contribution in [0.3, 0.4) is 0 Å². The van der Waals surface area contributed by atoms with Gasteiger partial charge in [0.15, 0.2) is 0 Å². The first-order valence-corrected chi connectivity index (χ1v) is 5.64. The lowest BCUT2D eigenvalue weighted by atomic mass is 10.2. The van der Waals surface area contributed by atoms with Crippen molar-refractivity contribution in [3.63, 3.8) is 0 Å². The standard InChI is InChI=1S/C11H24N2O3/c1-10(2)9-13(6-5-12(3)4)11(15)16-8-7-14/h10,14H,5-9H2,1-4H3. The van der Waals surface area contributed by atoms with Crippen molar-refractivity contribution in [2.45, 2.75) is 13.8 Å². The predicted molar refractivity (Wildman–Crippen MR) is 63.4 cm³/mol. The van der Waals surface area contributed by atoms with E-state index in [1.165, 1.54) is 0 Å². The van der Waals surface area contributed by atoms with Gasteiger partial charge in [-0.2, -0.15) is 0 Å². The Kier molecular flexibility index (Phi) is 7.93. The maximum atomic E-state index is 11.6. The summed E-state index contributed by atoms with van der Waals surface area (Å²) in [6.45, 7) is 6.18. The van der Waals surface area contributed by atoms with Gasteiger partial charge in [-0.3, -0.25) is 0 Å². The summed E-state index contributed by atoms with van der Waals surface area (Å²) in [6.07, 6.45) is -0.343. The Hall–Kier alpha value is -0.810. The Bertz CT molecular complexity index is 196. The quantitative estimate of drug-likeness (QED) is 0.699. The number of ether oxygens (including phenoxy) is 1. The molecule has 1 amide bonds.